The Balaban J connectivity index is 1.37. The first-order chi connectivity index (χ1) is 15.1. The number of carbonyl (C=O) groups excluding carboxylic acids is 1. The molecule has 166 valence electrons. The largest absolute Gasteiger partial charge is 0.480 e. The molecule has 3 heterocycles. The lowest BCUT2D eigenvalue weighted by Crippen LogP contribution is -2.49. The van der Waals surface area contributed by atoms with Gasteiger partial charge in [-0.1, -0.05) is 6.92 Å². The number of halogens is 1. The van der Waals surface area contributed by atoms with E-state index in [1.165, 1.54) is 6.07 Å². The van der Waals surface area contributed by atoms with Gasteiger partial charge in [0.05, 0.1) is 25.2 Å². The van der Waals surface area contributed by atoms with Crippen LogP contribution in [0.1, 0.15) is 17.3 Å². The van der Waals surface area contributed by atoms with Crippen LogP contribution in [-0.4, -0.2) is 91.7 Å². The molecule has 31 heavy (non-hydrogen) atoms. The normalized spacial score (nSPS) is 17.7. The maximum Gasteiger partial charge on any atom is 0.254 e. The van der Waals surface area contributed by atoms with E-state index in [4.69, 9.17) is 4.74 Å². The summed E-state index contributed by atoms with van der Waals surface area (Å²) in [6.07, 6.45) is 3.25. The summed E-state index contributed by atoms with van der Waals surface area (Å²) in [5.74, 6) is 0.714. The molecule has 0 spiro atoms. The molecule has 2 fully saturated rings. The average molecular weight is 429 g/mol. The van der Waals surface area contributed by atoms with Gasteiger partial charge in [0.15, 0.2) is 5.82 Å². The number of hydrogen-bond donors (Lipinski definition) is 0. The third-order valence-corrected chi connectivity index (χ3v) is 6.05. The minimum absolute atomic E-state index is 0.141. The number of aromatic nitrogens is 2. The number of anilines is 2. The lowest BCUT2D eigenvalue weighted by atomic mass is 10.1. The van der Waals surface area contributed by atoms with Crippen LogP contribution in [0.25, 0.3) is 0 Å². The Hall–Kier alpha value is -2.94. The van der Waals surface area contributed by atoms with Crippen molar-refractivity contribution >= 4 is 17.4 Å². The Bertz CT molecular complexity index is 911. The summed E-state index contributed by atoms with van der Waals surface area (Å²) in [6.45, 7) is 8.96. The van der Waals surface area contributed by atoms with E-state index in [1.807, 2.05) is 0 Å². The van der Waals surface area contributed by atoms with Gasteiger partial charge in [0.2, 0.25) is 5.88 Å². The Morgan fingerprint density at radius 2 is 1.74 bits per heavy atom. The molecule has 4 rings (SSSR count). The van der Waals surface area contributed by atoms with Crippen molar-refractivity contribution in [3.05, 3.63) is 42.0 Å². The first-order valence-corrected chi connectivity index (χ1v) is 10.8. The number of benzene rings is 1. The van der Waals surface area contributed by atoms with Crippen molar-refractivity contribution in [2.24, 2.45) is 0 Å². The van der Waals surface area contributed by atoms with Crippen LogP contribution >= 0.6 is 0 Å². The summed E-state index contributed by atoms with van der Waals surface area (Å²) in [5.41, 5.74) is 0.969. The SMILES string of the molecule is CCN1CCN(c2ccc(C(=O)N3CCN(c4cncc(OC)n4)CC3)cc2F)CC1. The second kappa shape index (κ2) is 9.47. The van der Waals surface area contributed by atoms with Crippen molar-refractivity contribution in [3.63, 3.8) is 0 Å². The quantitative estimate of drug-likeness (QED) is 0.719. The summed E-state index contributed by atoms with van der Waals surface area (Å²) in [7, 11) is 1.56. The highest BCUT2D eigenvalue weighted by molar-refractivity contribution is 5.94. The molecule has 0 unspecified atom stereocenters. The number of ether oxygens (including phenoxy) is 1. The topological polar surface area (TPSA) is 65.0 Å². The number of likely N-dealkylation sites (N-methyl/N-ethyl adjacent to an activating group) is 1. The molecule has 2 aromatic rings. The van der Waals surface area contributed by atoms with Gasteiger partial charge in [-0.2, -0.15) is 4.98 Å². The molecule has 2 aliphatic heterocycles. The average Bonchev–Trinajstić information content (AvgIpc) is 2.84. The van der Waals surface area contributed by atoms with E-state index in [1.54, 1.807) is 36.5 Å². The van der Waals surface area contributed by atoms with Crippen LogP contribution < -0.4 is 14.5 Å². The molecular weight excluding hydrogens is 399 g/mol. The smallest absolute Gasteiger partial charge is 0.254 e. The lowest BCUT2D eigenvalue weighted by molar-refractivity contribution is 0.0746. The zero-order valence-electron chi connectivity index (χ0n) is 18.1. The number of rotatable bonds is 5. The highest BCUT2D eigenvalue weighted by atomic mass is 19.1. The number of methoxy groups -OCH3 is 1. The summed E-state index contributed by atoms with van der Waals surface area (Å²) >= 11 is 0. The summed E-state index contributed by atoms with van der Waals surface area (Å²) < 4.78 is 20.0. The van der Waals surface area contributed by atoms with Crippen LogP contribution in [0.5, 0.6) is 5.88 Å². The molecule has 2 saturated heterocycles. The molecule has 0 N–H and O–H groups in total. The Labute approximate surface area is 182 Å². The van der Waals surface area contributed by atoms with Gasteiger partial charge in [0.1, 0.15) is 5.82 Å². The molecule has 0 aliphatic carbocycles. The molecule has 0 saturated carbocycles. The predicted octanol–water partition coefficient (Wildman–Crippen LogP) is 1.73. The summed E-state index contributed by atoms with van der Waals surface area (Å²) in [6, 6.07) is 4.86. The van der Waals surface area contributed by atoms with E-state index in [0.717, 1.165) is 38.5 Å². The molecule has 1 amide bonds. The van der Waals surface area contributed by atoms with Crippen LogP contribution in [0, 0.1) is 5.82 Å². The molecular formula is C22H29FN6O2. The standard InChI is InChI=1S/C22H29FN6O2/c1-3-26-6-8-27(9-7-26)19-5-4-17(14-18(19)23)22(30)29-12-10-28(11-13-29)20-15-24-16-21(25-20)31-2/h4-5,14-16H,3,6-13H2,1-2H3. The monoisotopic (exact) mass is 428 g/mol. The van der Waals surface area contributed by atoms with Gasteiger partial charge < -0.3 is 24.3 Å². The molecule has 2 aliphatic rings. The van der Waals surface area contributed by atoms with Crippen LogP contribution in [-0.2, 0) is 0 Å². The molecule has 1 aromatic carbocycles. The molecule has 0 atom stereocenters. The van der Waals surface area contributed by atoms with Crippen molar-refractivity contribution in [3.8, 4) is 5.88 Å². The van der Waals surface area contributed by atoms with Crippen LogP contribution in [0.4, 0.5) is 15.9 Å². The number of hydrogen-bond acceptors (Lipinski definition) is 7. The predicted molar refractivity (Wildman–Crippen MR) is 117 cm³/mol. The van der Waals surface area contributed by atoms with Crippen LogP contribution in [0.2, 0.25) is 0 Å². The first-order valence-electron chi connectivity index (χ1n) is 10.8. The molecule has 0 bridgehead atoms. The Kier molecular flexibility index (Phi) is 6.50. The van der Waals surface area contributed by atoms with E-state index in [-0.39, 0.29) is 11.7 Å². The van der Waals surface area contributed by atoms with Gasteiger partial charge in [-0.25, -0.2) is 4.39 Å². The minimum Gasteiger partial charge on any atom is -0.480 e. The highest BCUT2D eigenvalue weighted by Gasteiger charge is 2.25. The van der Waals surface area contributed by atoms with Gasteiger partial charge in [0.25, 0.3) is 5.91 Å². The summed E-state index contributed by atoms with van der Waals surface area (Å²) in [5, 5.41) is 0. The fourth-order valence-corrected chi connectivity index (χ4v) is 4.11. The third kappa shape index (κ3) is 4.71. The molecule has 0 radical (unpaired) electrons. The summed E-state index contributed by atoms with van der Waals surface area (Å²) in [4.78, 5) is 29.7. The van der Waals surface area contributed by atoms with Crippen molar-refractivity contribution in [1.82, 2.24) is 19.8 Å². The van der Waals surface area contributed by atoms with Crippen molar-refractivity contribution in [2.75, 3.05) is 75.8 Å². The minimum atomic E-state index is -0.332. The van der Waals surface area contributed by atoms with Gasteiger partial charge in [-0.05, 0) is 24.7 Å². The number of nitrogens with zero attached hydrogens (tertiary/aromatic N) is 6. The van der Waals surface area contributed by atoms with E-state index in [9.17, 15) is 9.18 Å². The van der Waals surface area contributed by atoms with E-state index >= 15 is 0 Å². The fraction of sp³-hybridized carbons (Fsp3) is 0.500. The van der Waals surface area contributed by atoms with E-state index in [2.05, 4.69) is 31.6 Å². The molecule has 1 aromatic heterocycles. The highest BCUT2D eigenvalue weighted by Crippen LogP contribution is 2.23. The number of piperazine rings is 2. The van der Waals surface area contributed by atoms with Crippen molar-refractivity contribution in [2.45, 2.75) is 6.92 Å². The maximum absolute atomic E-state index is 14.8. The van der Waals surface area contributed by atoms with Crippen LogP contribution in [0.3, 0.4) is 0 Å². The van der Waals surface area contributed by atoms with E-state index in [0.29, 0.717) is 43.3 Å². The second-order valence-corrected chi connectivity index (χ2v) is 7.79. The second-order valence-electron chi connectivity index (χ2n) is 7.79. The zero-order chi connectivity index (χ0) is 21.8. The maximum atomic E-state index is 14.8. The number of carbonyl (C=O) groups is 1. The Morgan fingerprint density at radius 3 is 2.39 bits per heavy atom. The Morgan fingerprint density at radius 1 is 1.03 bits per heavy atom. The van der Waals surface area contributed by atoms with Gasteiger partial charge in [0, 0.05) is 57.9 Å². The van der Waals surface area contributed by atoms with E-state index < -0.39 is 0 Å². The van der Waals surface area contributed by atoms with Crippen molar-refractivity contribution < 1.29 is 13.9 Å². The zero-order valence-corrected chi connectivity index (χ0v) is 18.1. The van der Waals surface area contributed by atoms with Gasteiger partial charge in [-0.15, -0.1) is 0 Å². The van der Waals surface area contributed by atoms with Crippen molar-refractivity contribution in [1.29, 1.82) is 0 Å². The first kappa shape index (κ1) is 21.3. The molecule has 9 heteroatoms. The molecule has 8 nitrogen and oxygen atoms in total. The van der Waals surface area contributed by atoms with Crippen LogP contribution in [0.15, 0.2) is 30.6 Å². The lowest BCUT2D eigenvalue weighted by Gasteiger charge is -2.36. The fourth-order valence-electron chi connectivity index (χ4n) is 4.11. The van der Waals surface area contributed by atoms with Gasteiger partial charge in [-0.3, -0.25) is 9.78 Å². The third-order valence-electron chi connectivity index (χ3n) is 6.05. The number of amides is 1. The van der Waals surface area contributed by atoms with Gasteiger partial charge >= 0.3 is 0 Å².